The number of carbonyl (C=O) groups is 1. The van der Waals surface area contributed by atoms with E-state index in [4.69, 9.17) is 11.6 Å². The first-order valence-corrected chi connectivity index (χ1v) is 10.1. The van der Waals surface area contributed by atoms with Gasteiger partial charge < -0.3 is 10.6 Å². The monoisotopic (exact) mass is 420 g/mol. The summed E-state index contributed by atoms with van der Waals surface area (Å²) in [6.45, 7) is 1.90. The smallest absolute Gasteiger partial charge is 0.267 e. The topological polar surface area (TPSA) is 66.9 Å². The molecule has 2 heterocycles. The van der Waals surface area contributed by atoms with E-state index < -0.39 is 0 Å². The lowest BCUT2D eigenvalue weighted by atomic mass is 10.1. The van der Waals surface area contributed by atoms with Crippen LogP contribution >= 0.6 is 22.9 Å². The van der Waals surface area contributed by atoms with Crippen LogP contribution in [0.25, 0.3) is 11.1 Å². The second kappa shape index (κ2) is 8.43. The molecule has 4 rings (SSSR count). The highest BCUT2D eigenvalue weighted by atomic mass is 35.5. The molecule has 0 bridgehead atoms. The van der Waals surface area contributed by atoms with Crippen molar-refractivity contribution < 1.29 is 4.79 Å². The third-order valence-electron chi connectivity index (χ3n) is 4.30. The van der Waals surface area contributed by atoms with Crippen molar-refractivity contribution in [1.82, 2.24) is 9.97 Å². The molecule has 0 aliphatic rings. The molecule has 0 radical (unpaired) electrons. The Labute approximate surface area is 177 Å². The summed E-state index contributed by atoms with van der Waals surface area (Å²) in [6.07, 6.45) is 5.12. The largest absolute Gasteiger partial charge is 0.332 e. The Morgan fingerprint density at radius 2 is 1.86 bits per heavy atom. The number of hydrogen-bond donors (Lipinski definition) is 2. The van der Waals surface area contributed by atoms with Gasteiger partial charge in [-0.15, -0.1) is 0 Å². The number of benzene rings is 2. The molecule has 0 atom stereocenters. The van der Waals surface area contributed by atoms with Gasteiger partial charge in [0, 0.05) is 23.6 Å². The lowest BCUT2D eigenvalue weighted by Gasteiger charge is -2.09. The number of carbonyl (C=O) groups excluding carboxylic acids is 1. The van der Waals surface area contributed by atoms with Crippen LogP contribution in [0.4, 0.5) is 16.5 Å². The number of aryl methyl sites for hydroxylation is 1. The van der Waals surface area contributed by atoms with E-state index in [-0.39, 0.29) is 5.91 Å². The summed E-state index contributed by atoms with van der Waals surface area (Å²) in [4.78, 5) is 21.6. The van der Waals surface area contributed by atoms with E-state index >= 15 is 0 Å². The van der Waals surface area contributed by atoms with Gasteiger partial charge in [0.2, 0.25) is 0 Å². The van der Waals surface area contributed by atoms with E-state index in [1.807, 2.05) is 61.7 Å². The quantitative estimate of drug-likeness (QED) is 0.405. The van der Waals surface area contributed by atoms with Gasteiger partial charge in [0.15, 0.2) is 5.13 Å². The molecule has 2 aromatic carbocycles. The second-order valence-corrected chi connectivity index (χ2v) is 7.80. The number of rotatable bonds is 5. The highest BCUT2D eigenvalue weighted by Crippen LogP contribution is 2.29. The molecule has 0 aliphatic carbocycles. The van der Waals surface area contributed by atoms with Crippen molar-refractivity contribution in [3.05, 3.63) is 88.7 Å². The first-order chi connectivity index (χ1) is 14.1. The molecule has 4 aromatic rings. The number of anilines is 3. The van der Waals surface area contributed by atoms with Crippen LogP contribution in [0.1, 0.15) is 15.2 Å². The van der Waals surface area contributed by atoms with Crippen molar-refractivity contribution in [1.29, 1.82) is 0 Å². The summed E-state index contributed by atoms with van der Waals surface area (Å²) >= 11 is 7.47. The van der Waals surface area contributed by atoms with Gasteiger partial charge in [-0.1, -0.05) is 53.3 Å². The number of aromatic nitrogens is 2. The van der Waals surface area contributed by atoms with Gasteiger partial charge in [-0.2, -0.15) is 0 Å². The van der Waals surface area contributed by atoms with Crippen molar-refractivity contribution in [2.24, 2.45) is 0 Å². The third kappa shape index (κ3) is 4.45. The number of thiazole rings is 1. The van der Waals surface area contributed by atoms with Crippen LogP contribution in [0, 0.1) is 6.92 Å². The Bertz CT molecular complexity index is 1140. The molecule has 5 nitrogen and oxygen atoms in total. The Hall–Kier alpha value is -3.22. The minimum absolute atomic E-state index is 0.240. The number of nitrogens with zero attached hydrogens (tertiary/aromatic N) is 2. The molecule has 0 saturated heterocycles. The molecule has 0 unspecified atom stereocenters. The predicted octanol–water partition coefficient (Wildman–Crippen LogP) is 6.16. The highest BCUT2D eigenvalue weighted by Gasteiger charge is 2.14. The van der Waals surface area contributed by atoms with E-state index in [0.717, 1.165) is 22.4 Å². The zero-order valence-corrected chi connectivity index (χ0v) is 17.1. The van der Waals surface area contributed by atoms with Crippen LogP contribution in [0.15, 0.2) is 73.2 Å². The second-order valence-electron chi connectivity index (χ2n) is 6.36. The Kier molecular flexibility index (Phi) is 5.55. The molecule has 7 heteroatoms. The van der Waals surface area contributed by atoms with Gasteiger partial charge in [-0.25, -0.2) is 4.98 Å². The minimum Gasteiger partial charge on any atom is -0.332 e. The van der Waals surface area contributed by atoms with Crippen LogP contribution in [0.3, 0.4) is 0 Å². The van der Waals surface area contributed by atoms with Crippen LogP contribution in [-0.4, -0.2) is 15.9 Å². The Morgan fingerprint density at radius 1 is 1.03 bits per heavy atom. The number of para-hydroxylation sites is 1. The molecule has 1 amide bonds. The fraction of sp³-hybridized carbons (Fsp3) is 0.0455. The van der Waals surface area contributed by atoms with Crippen LogP contribution in [0.5, 0.6) is 0 Å². The number of pyridine rings is 1. The lowest BCUT2D eigenvalue weighted by Crippen LogP contribution is -2.11. The fourth-order valence-corrected chi connectivity index (χ4v) is 3.84. The molecular formula is C22H17ClN4OS. The average Bonchev–Trinajstić information content (AvgIpc) is 3.20. The van der Waals surface area contributed by atoms with E-state index in [2.05, 4.69) is 20.6 Å². The van der Waals surface area contributed by atoms with Crippen molar-refractivity contribution in [3.63, 3.8) is 0 Å². The number of amides is 1. The van der Waals surface area contributed by atoms with Crippen molar-refractivity contribution in [2.75, 3.05) is 10.6 Å². The van der Waals surface area contributed by atoms with Crippen LogP contribution < -0.4 is 10.6 Å². The van der Waals surface area contributed by atoms with Crippen LogP contribution in [-0.2, 0) is 0 Å². The summed E-state index contributed by atoms with van der Waals surface area (Å²) in [5.74, 6) is -0.240. The standard InChI is InChI=1S/C22H17ClN4OS/c1-14-5-2-9-18(23)20(14)27-21(28)19-13-25-22(29-19)26-17-8-3-6-15(11-17)16-7-4-10-24-12-16/h2-13H,1H3,(H,25,26)(H,27,28). The van der Waals surface area contributed by atoms with Gasteiger partial charge in [0.05, 0.1) is 16.9 Å². The summed E-state index contributed by atoms with van der Waals surface area (Å²) < 4.78 is 0. The first kappa shape index (κ1) is 19.1. The van der Waals surface area contributed by atoms with Crippen molar-refractivity contribution in [2.45, 2.75) is 6.92 Å². The number of nitrogens with one attached hydrogen (secondary N) is 2. The molecule has 2 aromatic heterocycles. The predicted molar refractivity (Wildman–Crippen MR) is 119 cm³/mol. The molecular weight excluding hydrogens is 404 g/mol. The average molecular weight is 421 g/mol. The first-order valence-electron chi connectivity index (χ1n) is 8.90. The molecule has 144 valence electrons. The molecule has 0 aliphatic heterocycles. The van der Waals surface area contributed by atoms with Gasteiger partial charge in [0.25, 0.3) is 5.91 Å². The van der Waals surface area contributed by atoms with E-state index in [1.54, 1.807) is 18.5 Å². The van der Waals surface area contributed by atoms with E-state index in [9.17, 15) is 4.79 Å². The Balaban J connectivity index is 1.49. The normalized spacial score (nSPS) is 10.6. The summed E-state index contributed by atoms with van der Waals surface area (Å²) in [6, 6.07) is 17.4. The zero-order chi connectivity index (χ0) is 20.2. The molecule has 0 saturated carbocycles. The van der Waals surface area contributed by atoms with Crippen LogP contribution in [0.2, 0.25) is 5.02 Å². The van der Waals surface area contributed by atoms with Gasteiger partial charge in [0.1, 0.15) is 4.88 Å². The number of hydrogen-bond acceptors (Lipinski definition) is 5. The minimum atomic E-state index is -0.240. The van der Waals surface area contributed by atoms with Crippen molar-refractivity contribution in [3.8, 4) is 11.1 Å². The molecule has 0 spiro atoms. The summed E-state index contributed by atoms with van der Waals surface area (Å²) in [7, 11) is 0. The van der Waals surface area contributed by atoms with Crippen molar-refractivity contribution >= 4 is 45.4 Å². The lowest BCUT2D eigenvalue weighted by molar-refractivity contribution is 0.103. The summed E-state index contributed by atoms with van der Waals surface area (Å²) in [5, 5.41) is 7.27. The van der Waals surface area contributed by atoms with E-state index in [1.165, 1.54) is 11.3 Å². The zero-order valence-electron chi connectivity index (χ0n) is 15.5. The van der Waals surface area contributed by atoms with Gasteiger partial charge in [-0.05, 0) is 42.3 Å². The Morgan fingerprint density at radius 3 is 2.66 bits per heavy atom. The molecule has 2 N–H and O–H groups in total. The van der Waals surface area contributed by atoms with Gasteiger partial charge >= 0.3 is 0 Å². The maximum Gasteiger partial charge on any atom is 0.267 e. The number of halogens is 1. The highest BCUT2D eigenvalue weighted by molar-refractivity contribution is 7.17. The van der Waals surface area contributed by atoms with E-state index in [0.29, 0.717) is 20.7 Å². The fourth-order valence-electron chi connectivity index (χ4n) is 2.84. The molecule has 29 heavy (non-hydrogen) atoms. The molecule has 0 fully saturated rings. The SMILES string of the molecule is Cc1cccc(Cl)c1NC(=O)c1cnc(Nc2cccc(-c3cccnc3)c2)s1. The maximum atomic E-state index is 12.6. The van der Waals surface area contributed by atoms with Gasteiger partial charge in [-0.3, -0.25) is 9.78 Å². The third-order valence-corrected chi connectivity index (χ3v) is 5.53. The summed E-state index contributed by atoms with van der Waals surface area (Å²) in [5.41, 5.74) is 4.49. The maximum absolute atomic E-state index is 12.6.